The summed E-state index contributed by atoms with van der Waals surface area (Å²) in [5.41, 5.74) is 2.10. The van der Waals surface area contributed by atoms with Crippen molar-refractivity contribution in [2.75, 3.05) is 19.6 Å². The van der Waals surface area contributed by atoms with Crippen LogP contribution in [0.5, 0.6) is 0 Å². The minimum atomic E-state index is 0.475. The summed E-state index contributed by atoms with van der Waals surface area (Å²) in [4.78, 5) is 2.74. The van der Waals surface area contributed by atoms with Gasteiger partial charge in [0, 0.05) is 11.0 Å². The van der Waals surface area contributed by atoms with Crippen molar-refractivity contribution in [1.82, 2.24) is 4.90 Å². The number of benzene rings is 1. The molecule has 3 heterocycles. The summed E-state index contributed by atoms with van der Waals surface area (Å²) in [5, 5.41) is 0. The van der Waals surface area contributed by atoms with Crippen LogP contribution >= 0.6 is 15.9 Å². The Labute approximate surface area is 137 Å². The smallest absolute Gasteiger partial charge is 0.0175 e. The summed E-state index contributed by atoms with van der Waals surface area (Å²) in [6.45, 7) is 4.08. The van der Waals surface area contributed by atoms with Gasteiger partial charge in [-0.25, -0.2) is 0 Å². The van der Waals surface area contributed by atoms with E-state index >= 15 is 0 Å². The zero-order chi connectivity index (χ0) is 14.3. The van der Waals surface area contributed by atoms with Crippen LogP contribution in [-0.4, -0.2) is 24.5 Å². The Hall–Kier alpha value is -0.340. The zero-order valence-electron chi connectivity index (χ0n) is 12.9. The Kier molecular flexibility index (Phi) is 3.87. The fraction of sp³-hybridized carbons (Fsp3) is 0.684. The van der Waals surface area contributed by atoms with Crippen LogP contribution in [0.2, 0.25) is 0 Å². The lowest BCUT2D eigenvalue weighted by Gasteiger charge is -2.55. The first-order valence-electron chi connectivity index (χ1n) is 8.76. The molecule has 0 amide bonds. The van der Waals surface area contributed by atoms with Crippen LogP contribution in [0.3, 0.4) is 0 Å². The number of fused-ring (bicyclic) bond motifs is 3. The van der Waals surface area contributed by atoms with Crippen molar-refractivity contribution in [3.05, 3.63) is 34.3 Å². The van der Waals surface area contributed by atoms with E-state index in [1.54, 1.807) is 5.56 Å². The maximum Gasteiger partial charge on any atom is 0.0175 e. The monoisotopic (exact) mass is 347 g/mol. The largest absolute Gasteiger partial charge is 0.303 e. The number of hydrogen-bond acceptors (Lipinski definition) is 1. The van der Waals surface area contributed by atoms with Crippen molar-refractivity contribution in [2.45, 2.75) is 50.4 Å². The Morgan fingerprint density at radius 1 is 0.952 bits per heavy atom. The minimum absolute atomic E-state index is 0.475. The summed E-state index contributed by atoms with van der Waals surface area (Å²) in [6.07, 6.45) is 10.0. The van der Waals surface area contributed by atoms with E-state index in [2.05, 4.69) is 45.1 Å². The van der Waals surface area contributed by atoms with Gasteiger partial charge in [-0.1, -0.05) is 47.3 Å². The molecule has 1 aromatic carbocycles. The van der Waals surface area contributed by atoms with Crippen LogP contribution < -0.4 is 0 Å². The number of halogens is 1. The van der Waals surface area contributed by atoms with Crippen LogP contribution in [0, 0.1) is 11.8 Å². The van der Waals surface area contributed by atoms with E-state index < -0.39 is 0 Å². The van der Waals surface area contributed by atoms with Crippen LogP contribution in [0.15, 0.2) is 28.7 Å². The van der Waals surface area contributed by atoms with Gasteiger partial charge in [0.1, 0.15) is 0 Å². The first-order valence-corrected chi connectivity index (χ1v) is 9.56. The Morgan fingerprint density at radius 3 is 2.19 bits per heavy atom. The lowest BCUT2D eigenvalue weighted by Crippen LogP contribution is -2.55. The molecule has 4 fully saturated rings. The summed E-state index contributed by atoms with van der Waals surface area (Å²) >= 11 is 3.61. The standard InChI is InChI=1S/C19H26BrN/c20-17-6-4-16(5-7-17)19(10-2-1-3-11-19)18-14-21-12-8-15(18)9-13-21/h4-7,15,18H,1-3,8-14H2. The predicted molar refractivity (Wildman–Crippen MR) is 91.6 cm³/mol. The van der Waals surface area contributed by atoms with Crippen molar-refractivity contribution < 1.29 is 0 Å². The lowest BCUT2D eigenvalue weighted by molar-refractivity contribution is -0.00811. The molecule has 2 heteroatoms. The second kappa shape index (κ2) is 5.70. The van der Waals surface area contributed by atoms with Crippen LogP contribution in [0.1, 0.15) is 50.5 Å². The molecule has 1 aromatic rings. The number of hydrogen-bond donors (Lipinski definition) is 0. The summed E-state index contributed by atoms with van der Waals surface area (Å²) in [6, 6.07) is 9.33. The van der Waals surface area contributed by atoms with Gasteiger partial charge in [-0.2, -0.15) is 0 Å². The average Bonchev–Trinajstić information content (AvgIpc) is 2.57. The molecule has 1 unspecified atom stereocenters. The minimum Gasteiger partial charge on any atom is -0.303 e. The molecule has 1 aliphatic carbocycles. The Balaban J connectivity index is 1.71. The van der Waals surface area contributed by atoms with Gasteiger partial charge >= 0.3 is 0 Å². The molecule has 1 atom stereocenters. The normalized spacial score (nSPS) is 34.8. The third-order valence-corrected chi connectivity index (χ3v) is 7.06. The van der Waals surface area contributed by atoms with Crippen molar-refractivity contribution >= 4 is 15.9 Å². The molecule has 4 aliphatic rings. The lowest BCUT2D eigenvalue weighted by atomic mass is 9.56. The van der Waals surface area contributed by atoms with Gasteiger partial charge < -0.3 is 4.90 Å². The quantitative estimate of drug-likeness (QED) is 0.728. The maximum absolute atomic E-state index is 3.61. The van der Waals surface area contributed by atoms with Gasteiger partial charge in [0.2, 0.25) is 0 Å². The predicted octanol–water partition coefficient (Wildman–Crippen LogP) is 4.99. The fourth-order valence-corrected chi connectivity index (χ4v) is 5.69. The first kappa shape index (κ1) is 14.3. The molecule has 114 valence electrons. The van der Waals surface area contributed by atoms with Gasteiger partial charge in [-0.05, 0) is 73.7 Å². The van der Waals surface area contributed by atoms with Gasteiger partial charge in [-0.3, -0.25) is 0 Å². The van der Waals surface area contributed by atoms with Crippen LogP contribution in [0.4, 0.5) is 0 Å². The second-order valence-corrected chi connectivity index (χ2v) is 8.38. The molecule has 0 spiro atoms. The van der Waals surface area contributed by atoms with Crippen LogP contribution in [0.25, 0.3) is 0 Å². The van der Waals surface area contributed by atoms with E-state index in [4.69, 9.17) is 0 Å². The third kappa shape index (κ3) is 2.49. The van der Waals surface area contributed by atoms with Gasteiger partial charge in [0.25, 0.3) is 0 Å². The number of nitrogens with zero attached hydrogens (tertiary/aromatic N) is 1. The van der Waals surface area contributed by atoms with E-state index in [-0.39, 0.29) is 0 Å². The molecular formula is C19H26BrN. The highest BCUT2D eigenvalue weighted by Crippen LogP contribution is 2.52. The van der Waals surface area contributed by atoms with E-state index in [9.17, 15) is 0 Å². The molecule has 3 aliphatic heterocycles. The highest BCUT2D eigenvalue weighted by molar-refractivity contribution is 9.10. The topological polar surface area (TPSA) is 3.24 Å². The summed E-state index contributed by atoms with van der Waals surface area (Å²) < 4.78 is 1.21. The SMILES string of the molecule is Brc1ccc(C2(C3CN4CCC3CC4)CCCCC2)cc1. The molecule has 2 bridgehead atoms. The first-order chi connectivity index (χ1) is 10.3. The van der Waals surface area contributed by atoms with Gasteiger partial charge in [0.05, 0.1) is 0 Å². The highest BCUT2D eigenvalue weighted by atomic mass is 79.9. The molecule has 3 saturated heterocycles. The van der Waals surface area contributed by atoms with E-state index in [1.165, 1.54) is 69.1 Å². The molecule has 21 heavy (non-hydrogen) atoms. The molecular weight excluding hydrogens is 322 g/mol. The summed E-state index contributed by atoms with van der Waals surface area (Å²) in [7, 11) is 0. The average molecular weight is 348 g/mol. The Bertz CT molecular complexity index is 481. The van der Waals surface area contributed by atoms with E-state index in [0.29, 0.717) is 5.41 Å². The molecule has 1 saturated carbocycles. The molecule has 0 radical (unpaired) electrons. The second-order valence-electron chi connectivity index (χ2n) is 7.47. The number of piperidine rings is 3. The summed E-state index contributed by atoms with van der Waals surface area (Å²) in [5.74, 6) is 1.89. The van der Waals surface area contributed by atoms with Crippen molar-refractivity contribution in [2.24, 2.45) is 11.8 Å². The van der Waals surface area contributed by atoms with E-state index in [0.717, 1.165) is 11.8 Å². The molecule has 0 N–H and O–H groups in total. The fourth-order valence-electron chi connectivity index (χ4n) is 5.43. The van der Waals surface area contributed by atoms with Gasteiger partial charge in [0.15, 0.2) is 0 Å². The Morgan fingerprint density at radius 2 is 1.62 bits per heavy atom. The molecule has 5 rings (SSSR count). The number of rotatable bonds is 2. The van der Waals surface area contributed by atoms with Crippen molar-refractivity contribution in [3.8, 4) is 0 Å². The van der Waals surface area contributed by atoms with Crippen molar-refractivity contribution in [3.63, 3.8) is 0 Å². The third-order valence-electron chi connectivity index (χ3n) is 6.53. The van der Waals surface area contributed by atoms with Gasteiger partial charge in [-0.15, -0.1) is 0 Å². The maximum atomic E-state index is 3.61. The zero-order valence-corrected chi connectivity index (χ0v) is 14.4. The van der Waals surface area contributed by atoms with E-state index in [1.807, 2.05) is 0 Å². The molecule has 1 nitrogen and oxygen atoms in total. The molecule has 0 aromatic heterocycles. The van der Waals surface area contributed by atoms with Crippen LogP contribution in [-0.2, 0) is 5.41 Å². The highest BCUT2D eigenvalue weighted by Gasteiger charge is 2.48. The van der Waals surface area contributed by atoms with Crippen molar-refractivity contribution in [1.29, 1.82) is 0 Å².